The van der Waals surface area contributed by atoms with Crippen LogP contribution in [0.25, 0.3) is 0 Å². The highest BCUT2D eigenvalue weighted by Crippen LogP contribution is 2.34. The van der Waals surface area contributed by atoms with E-state index in [0.29, 0.717) is 18.2 Å². The zero-order valence-corrected chi connectivity index (χ0v) is 13.8. The van der Waals surface area contributed by atoms with Gasteiger partial charge >= 0.3 is 0 Å². The van der Waals surface area contributed by atoms with E-state index < -0.39 is 0 Å². The van der Waals surface area contributed by atoms with Crippen LogP contribution in [-0.2, 0) is 14.3 Å². The van der Waals surface area contributed by atoms with Crippen molar-refractivity contribution in [3.63, 3.8) is 0 Å². The molecule has 6 heteroatoms. The van der Waals surface area contributed by atoms with E-state index in [1.807, 2.05) is 29.2 Å². The van der Waals surface area contributed by atoms with Gasteiger partial charge in [-0.25, -0.2) is 0 Å². The summed E-state index contributed by atoms with van der Waals surface area (Å²) in [5.41, 5.74) is 0.890. The van der Waals surface area contributed by atoms with Crippen LogP contribution in [0.15, 0.2) is 24.3 Å². The highest BCUT2D eigenvalue weighted by atomic mass is 35.5. The molecule has 0 saturated carbocycles. The Morgan fingerprint density at radius 3 is 2.57 bits per heavy atom. The molecule has 124 valence electrons. The van der Waals surface area contributed by atoms with Gasteiger partial charge in [0.2, 0.25) is 5.91 Å². The molecule has 1 amide bonds. The molecule has 3 aliphatic rings. The Hall–Kier alpha value is -1.14. The summed E-state index contributed by atoms with van der Waals surface area (Å²) in [6.07, 6.45) is 2.54. The van der Waals surface area contributed by atoms with Crippen LogP contribution in [0.5, 0.6) is 0 Å². The van der Waals surface area contributed by atoms with Crippen LogP contribution in [-0.4, -0.2) is 55.5 Å². The molecule has 0 N–H and O–H groups in total. The molecule has 5 nitrogen and oxygen atoms in total. The Balaban J connectivity index is 1.42. The summed E-state index contributed by atoms with van der Waals surface area (Å²) >= 11 is 6.05. The fourth-order valence-corrected chi connectivity index (χ4v) is 4.05. The molecule has 1 spiro atoms. The quantitative estimate of drug-likeness (QED) is 0.831. The zero-order chi connectivity index (χ0) is 15.9. The van der Waals surface area contributed by atoms with Crippen LogP contribution in [0.1, 0.15) is 19.3 Å². The van der Waals surface area contributed by atoms with Crippen LogP contribution in [0.4, 0.5) is 5.69 Å². The van der Waals surface area contributed by atoms with Gasteiger partial charge in [-0.15, -0.1) is 0 Å². The predicted molar refractivity (Wildman–Crippen MR) is 87.7 cm³/mol. The summed E-state index contributed by atoms with van der Waals surface area (Å²) in [6, 6.07) is 7.48. The number of hydrogen-bond donors (Lipinski definition) is 0. The first kappa shape index (κ1) is 15.4. The first-order chi connectivity index (χ1) is 11.2. The second kappa shape index (κ2) is 6.06. The number of likely N-dealkylation sites (tertiary alicyclic amines) is 1. The third kappa shape index (κ3) is 2.87. The normalized spacial score (nSPS) is 28.0. The van der Waals surface area contributed by atoms with Gasteiger partial charge in [-0.1, -0.05) is 17.7 Å². The number of nitrogens with zero attached hydrogens (tertiary/aromatic N) is 2. The number of piperidine rings is 1. The topological polar surface area (TPSA) is 42.0 Å². The molecule has 1 aromatic rings. The average molecular weight is 337 g/mol. The fourth-order valence-electron chi connectivity index (χ4n) is 3.87. The zero-order valence-electron chi connectivity index (χ0n) is 13.0. The number of carbonyl (C=O) groups excluding carboxylic acids is 1. The van der Waals surface area contributed by atoms with Gasteiger partial charge in [0, 0.05) is 43.2 Å². The highest BCUT2D eigenvalue weighted by Gasteiger charge is 2.44. The number of ether oxygens (including phenoxy) is 2. The van der Waals surface area contributed by atoms with Crippen molar-refractivity contribution >= 4 is 23.2 Å². The van der Waals surface area contributed by atoms with Crippen molar-refractivity contribution in [3.05, 3.63) is 29.3 Å². The lowest BCUT2D eigenvalue weighted by molar-refractivity contribution is -0.188. The molecule has 23 heavy (non-hydrogen) atoms. The van der Waals surface area contributed by atoms with Gasteiger partial charge in [-0.2, -0.15) is 0 Å². The Morgan fingerprint density at radius 2 is 1.87 bits per heavy atom. The maximum atomic E-state index is 12.8. The summed E-state index contributed by atoms with van der Waals surface area (Å²) in [4.78, 5) is 16.9. The monoisotopic (exact) mass is 336 g/mol. The van der Waals surface area contributed by atoms with Crippen LogP contribution >= 0.6 is 11.6 Å². The minimum atomic E-state index is -0.384. The van der Waals surface area contributed by atoms with Gasteiger partial charge in [0.15, 0.2) is 5.79 Å². The number of amides is 1. The first-order valence-electron chi connectivity index (χ1n) is 8.26. The molecule has 3 fully saturated rings. The van der Waals surface area contributed by atoms with Crippen molar-refractivity contribution in [3.8, 4) is 0 Å². The molecule has 0 unspecified atom stereocenters. The van der Waals surface area contributed by atoms with Crippen molar-refractivity contribution in [2.75, 3.05) is 37.7 Å². The first-order valence-corrected chi connectivity index (χ1v) is 8.64. The third-order valence-corrected chi connectivity index (χ3v) is 5.35. The van der Waals surface area contributed by atoms with E-state index in [1.54, 1.807) is 0 Å². The van der Waals surface area contributed by atoms with Gasteiger partial charge in [0.1, 0.15) is 0 Å². The van der Waals surface area contributed by atoms with Crippen LogP contribution in [0.2, 0.25) is 5.02 Å². The maximum Gasteiger partial charge on any atom is 0.244 e. The summed E-state index contributed by atoms with van der Waals surface area (Å²) in [6.45, 7) is 3.81. The summed E-state index contributed by atoms with van der Waals surface area (Å²) in [7, 11) is 0. The lowest BCUT2D eigenvalue weighted by Crippen LogP contribution is -2.51. The SMILES string of the molecule is O=C1[C@H](N2CCC3(CC2)OCCO3)CCN1c1cccc(Cl)c1. The molecule has 0 aromatic heterocycles. The number of benzene rings is 1. The third-order valence-electron chi connectivity index (χ3n) is 5.11. The Morgan fingerprint density at radius 1 is 1.13 bits per heavy atom. The predicted octanol–water partition coefficient (Wildman–Crippen LogP) is 2.28. The number of rotatable bonds is 2. The van der Waals surface area contributed by atoms with E-state index in [-0.39, 0.29) is 17.7 Å². The van der Waals surface area contributed by atoms with E-state index >= 15 is 0 Å². The van der Waals surface area contributed by atoms with Crippen molar-refractivity contribution in [1.29, 1.82) is 0 Å². The molecule has 4 rings (SSSR count). The number of anilines is 1. The van der Waals surface area contributed by atoms with E-state index in [0.717, 1.165) is 44.6 Å². The molecular formula is C17H21ClN2O3. The summed E-state index contributed by atoms with van der Waals surface area (Å²) < 4.78 is 11.5. The lowest BCUT2D eigenvalue weighted by Gasteiger charge is -2.39. The number of hydrogen-bond acceptors (Lipinski definition) is 4. The second-order valence-electron chi connectivity index (χ2n) is 6.42. The van der Waals surface area contributed by atoms with Crippen molar-refractivity contribution < 1.29 is 14.3 Å². The summed E-state index contributed by atoms with van der Waals surface area (Å²) in [5, 5.41) is 0.661. The van der Waals surface area contributed by atoms with Gasteiger partial charge in [0.05, 0.1) is 19.3 Å². The van der Waals surface area contributed by atoms with Gasteiger partial charge in [-0.3, -0.25) is 9.69 Å². The average Bonchev–Trinajstić information content (AvgIpc) is 3.16. The lowest BCUT2D eigenvalue weighted by atomic mass is 10.0. The molecule has 0 radical (unpaired) electrons. The van der Waals surface area contributed by atoms with Crippen LogP contribution < -0.4 is 4.90 Å². The van der Waals surface area contributed by atoms with E-state index in [2.05, 4.69) is 4.90 Å². The molecule has 1 aromatic carbocycles. The molecule has 0 bridgehead atoms. The fraction of sp³-hybridized carbons (Fsp3) is 0.588. The molecule has 3 aliphatic heterocycles. The van der Waals surface area contributed by atoms with Crippen LogP contribution in [0, 0.1) is 0 Å². The van der Waals surface area contributed by atoms with E-state index in [9.17, 15) is 4.79 Å². The summed E-state index contributed by atoms with van der Waals surface area (Å²) in [5.74, 6) is -0.207. The van der Waals surface area contributed by atoms with Gasteiger partial charge < -0.3 is 14.4 Å². The smallest absolute Gasteiger partial charge is 0.244 e. The molecule has 3 heterocycles. The standard InChI is InChI=1S/C17H21ClN2O3/c18-13-2-1-3-14(12-13)20-7-4-15(16(20)21)19-8-5-17(6-9-19)22-10-11-23-17/h1-3,12,15H,4-11H2/t15-/m1/s1. The maximum absolute atomic E-state index is 12.8. The Kier molecular flexibility index (Phi) is 4.05. The Labute approximate surface area is 141 Å². The molecule has 0 aliphatic carbocycles. The van der Waals surface area contributed by atoms with E-state index in [1.165, 1.54) is 0 Å². The van der Waals surface area contributed by atoms with E-state index in [4.69, 9.17) is 21.1 Å². The van der Waals surface area contributed by atoms with Crippen LogP contribution in [0.3, 0.4) is 0 Å². The minimum absolute atomic E-state index is 0.0345. The number of halogens is 1. The van der Waals surface area contributed by atoms with Gasteiger partial charge in [-0.05, 0) is 24.6 Å². The largest absolute Gasteiger partial charge is 0.347 e. The number of carbonyl (C=O) groups is 1. The van der Waals surface area contributed by atoms with Gasteiger partial charge in [0.25, 0.3) is 0 Å². The highest BCUT2D eigenvalue weighted by molar-refractivity contribution is 6.30. The van der Waals surface area contributed by atoms with Crippen molar-refractivity contribution in [2.24, 2.45) is 0 Å². The molecule has 3 saturated heterocycles. The Bertz CT molecular complexity index is 593. The molecular weight excluding hydrogens is 316 g/mol. The minimum Gasteiger partial charge on any atom is -0.347 e. The second-order valence-corrected chi connectivity index (χ2v) is 6.85. The van der Waals surface area contributed by atoms with Crippen molar-refractivity contribution in [1.82, 2.24) is 4.90 Å². The molecule has 1 atom stereocenters. The van der Waals surface area contributed by atoms with Crippen molar-refractivity contribution in [2.45, 2.75) is 31.1 Å².